The first-order valence-corrected chi connectivity index (χ1v) is 16.4. The van der Waals surface area contributed by atoms with E-state index in [0.717, 1.165) is 39.3 Å². The Morgan fingerprint density at radius 3 is 2.15 bits per heavy atom. The Morgan fingerprint density at radius 1 is 0.812 bits per heavy atom. The lowest BCUT2D eigenvalue weighted by Gasteiger charge is -2.28. The van der Waals surface area contributed by atoms with E-state index in [0.29, 0.717) is 23.6 Å². The number of thiocarbonyl (C=S) groups is 1. The molecule has 0 saturated carbocycles. The van der Waals surface area contributed by atoms with Crippen molar-refractivity contribution in [3.05, 3.63) is 167 Å². The van der Waals surface area contributed by atoms with Gasteiger partial charge in [0, 0.05) is 34.5 Å². The first-order valence-electron chi connectivity index (χ1n) is 16.0. The zero-order valence-electron chi connectivity index (χ0n) is 26.7. The number of hydrogen-bond donors (Lipinski definition) is 3. The van der Waals surface area contributed by atoms with Crippen LogP contribution in [0.3, 0.4) is 0 Å². The maximum absolute atomic E-state index is 14.2. The highest BCUT2D eigenvalue weighted by Crippen LogP contribution is 2.28. The third kappa shape index (κ3) is 8.21. The summed E-state index contributed by atoms with van der Waals surface area (Å²) in [7, 11) is 0. The van der Waals surface area contributed by atoms with E-state index in [1.165, 1.54) is 0 Å². The molecule has 3 N–H and O–H groups in total. The van der Waals surface area contributed by atoms with Gasteiger partial charge in [-0.1, -0.05) is 127 Å². The van der Waals surface area contributed by atoms with Gasteiger partial charge in [-0.15, -0.1) is 0 Å². The van der Waals surface area contributed by atoms with Gasteiger partial charge in [-0.25, -0.2) is 0 Å². The molecule has 5 aromatic rings. The summed E-state index contributed by atoms with van der Waals surface area (Å²) < 4.78 is 0. The van der Waals surface area contributed by atoms with Crippen molar-refractivity contribution in [1.29, 1.82) is 0 Å². The van der Waals surface area contributed by atoms with E-state index in [4.69, 9.17) is 17.2 Å². The van der Waals surface area contributed by atoms with Crippen LogP contribution >= 0.6 is 12.2 Å². The number of fused-ring (bicyclic) bond motifs is 1. The second kappa shape index (κ2) is 15.3. The molecule has 0 spiro atoms. The molecule has 1 unspecified atom stereocenters. The normalized spacial score (nSPS) is 14.5. The number of Topliss-reactive ketones (excluding diaryl/α,β-unsaturated/α-hetero) is 1. The van der Waals surface area contributed by atoms with Crippen molar-refractivity contribution < 1.29 is 9.59 Å². The number of rotatable bonds is 10. The summed E-state index contributed by atoms with van der Waals surface area (Å²) >= 11 is 5.65. The molecule has 0 aliphatic carbocycles. The molecule has 8 heteroatoms. The highest BCUT2D eigenvalue weighted by molar-refractivity contribution is 7.80. The van der Waals surface area contributed by atoms with Crippen LogP contribution in [0.1, 0.15) is 32.6 Å². The molecule has 0 fully saturated rings. The van der Waals surface area contributed by atoms with Gasteiger partial charge in [0.25, 0.3) is 0 Å². The second-order valence-corrected chi connectivity index (χ2v) is 12.2. The molecule has 0 aromatic heterocycles. The van der Waals surface area contributed by atoms with Gasteiger partial charge >= 0.3 is 0 Å². The van der Waals surface area contributed by atoms with Crippen molar-refractivity contribution in [2.24, 2.45) is 4.99 Å². The number of benzene rings is 5. The van der Waals surface area contributed by atoms with Crippen molar-refractivity contribution >= 4 is 46.1 Å². The zero-order chi connectivity index (χ0) is 33.3. The van der Waals surface area contributed by atoms with Gasteiger partial charge in [0.15, 0.2) is 10.9 Å². The van der Waals surface area contributed by atoms with Crippen molar-refractivity contribution in [2.45, 2.75) is 25.6 Å². The predicted octanol–water partition coefficient (Wildman–Crippen LogP) is 6.58. The van der Waals surface area contributed by atoms with Crippen LogP contribution in [-0.4, -0.2) is 47.8 Å². The number of benzodiazepines with no additional fused rings is 1. The van der Waals surface area contributed by atoms with Crippen LogP contribution in [0.4, 0.5) is 11.4 Å². The molecule has 240 valence electrons. The van der Waals surface area contributed by atoms with Crippen LogP contribution in [0.15, 0.2) is 145 Å². The molecule has 7 nitrogen and oxygen atoms in total. The summed E-state index contributed by atoms with van der Waals surface area (Å²) in [6.45, 7) is 2.42. The van der Waals surface area contributed by atoms with Gasteiger partial charge in [-0.05, 0) is 42.9 Å². The number of para-hydroxylation sites is 2. The zero-order valence-corrected chi connectivity index (χ0v) is 27.5. The lowest BCUT2D eigenvalue weighted by Crippen LogP contribution is -2.53. The van der Waals surface area contributed by atoms with E-state index in [2.05, 4.69) is 16.0 Å². The fourth-order valence-corrected chi connectivity index (χ4v) is 6.01. The third-order valence-electron chi connectivity index (χ3n) is 8.18. The van der Waals surface area contributed by atoms with Crippen LogP contribution in [0.5, 0.6) is 0 Å². The van der Waals surface area contributed by atoms with Gasteiger partial charge in [-0.3, -0.25) is 14.6 Å². The Labute approximate surface area is 286 Å². The average Bonchev–Trinajstić information content (AvgIpc) is 3.26. The summed E-state index contributed by atoms with van der Waals surface area (Å²) in [5.74, 6) is -0.271. The minimum absolute atomic E-state index is 0.0148. The van der Waals surface area contributed by atoms with E-state index in [9.17, 15) is 9.59 Å². The minimum Gasteiger partial charge on any atom is -0.359 e. The van der Waals surface area contributed by atoms with E-state index >= 15 is 0 Å². The van der Waals surface area contributed by atoms with E-state index < -0.39 is 12.2 Å². The number of ketones is 1. The highest BCUT2D eigenvalue weighted by atomic mass is 32.1. The van der Waals surface area contributed by atoms with Crippen LogP contribution < -0.4 is 20.9 Å². The molecule has 2 atom stereocenters. The quantitative estimate of drug-likeness (QED) is 0.117. The van der Waals surface area contributed by atoms with Gasteiger partial charge in [0.05, 0.1) is 18.8 Å². The van der Waals surface area contributed by atoms with Crippen molar-refractivity contribution in [3.8, 4) is 0 Å². The number of aryl methyl sites for hydroxylation is 1. The van der Waals surface area contributed by atoms with Crippen molar-refractivity contribution in [2.75, 3.05) is 23.3 Å². The number of anilines is 2. The molecule has 1 amide bonds. The summed E-state index contributed by atoms with van der Waals surface area (Å²) in [5, 5.41) is 9.96. The number of hydrogen-bond acceptors (Lipinski definition) is 5. The van der Waals surface area contributed by atoms with Gasteiger partial charge < -0.3 is 20.9 Å². The molecule has 1 aliphatic rings. The number of aliphatic imine (C=N–C) groups is 1. The number of nitrogens with one attached hydrogen (secondary N) is 3. The predicted molar refractivity (Wildman–Crippen MR) is 198 cm³/mol. The number of amides is 1. The number of carbonyl (C=O) groups excluding carboxylic acids is 2. The first-order chi connectivity index (χ1) is 23.4. The lowest BCUT2D eigenvalue weighted by atomic mass is 10.00. The van der Waals surface area contributed by atoms with E-state index in [1.54, 1.807) is 0 Å². The standard InChI is InChI=1S/C40H37N5O2S/c1-28-21-23-30(24-22-28)36(46)26-45-27-37(43-38(31-15-7-3-8-16-31)33-19-11-12-20-35(33)45)44-39(47)34(25-29-13-5-2-6-14-29)42-40(48)41-32-17-9-4-10-18-32/h2-24,34,37H,25-27H2,1H3,(H,44,47)(H2,41,42,48)/t34-,37?/m0/s1. The summed E-state index contributed by atoms with van der Waals surface area (Å²) in [6, 6.07) is 44.2. The molecule has 0 radical (unpaired) electrons. The molecule has 0 saturated heterocycles. The molecule has 6 rings (SSSR count). The highest BCUT2D eigenvalue weighted by Gasteiger charge is 2.29. The van der Waals surface area contributed by atoms with Gasteiger partial charge in [0.1, 0.15) is 12.2 Å². The molecule has 1 aliphatic heterocycles. The van der Waals surface area contributed by atoms with Crippen LogP contribution in [0.2, 0.25) is 0 Å². The lowest BCUT2D eigenvalue weighted by molar-refractivity contribution is -0.123. The van der Waals surface area contributed by atoms with E-state index in [1.807, 2.05) is 151 Å². The largest absolute Gasteiger partial charge is 0.359 e. The summed E-state index contributed by atoms with van der Waals surface area (Å²) in [4.78, 5) is 35.0. The van der Waals surface area contributed by atoms with Crippen LogP contribution in [0.25, 0.3) is 0 Å². The maximum atomic E-state index is 14.2. The van der Waals surface area contributed by atoms with E-state index in [-0.39, 0.29) is 18.2 Å². The minimum atomic E-state index is -0.695. The van der Waals surface area contributed by atoms with Gasteiger partial charge in [-0.2, -0.15) is 0 Å². The number of nitrogens with zero attached hydrogens (tertiary/aromatic N) is 2. The Hall–Kier alpha value is -5.60. The van der Waals surface area contributed by atoms with Gasteiger partial charge in [0.2, 0.25) is 5.91 Å². The molecule has 48 heavy (non-hydrogen) atoms. The topological polar surface area (TPSA) is 85.8 Å². The second-order valence-electron chi connectivity index (χ2n) is 11.8. The fraction of sp³-hybridized carbons (Fsp3) is 0.150. The number of carbonyl (C=O) groups is 2. The Balaban J connectivity index is 1.31. The summed E-state index contributed by atoms with van der Waals surface area (Å²) in [5.41, 5.74) is 6.97. The van der Waals surface area contributed by atoms with Crippen molar-refractivity contribution in [1.82, 2.24) is 10.6 Å². The van der Waals surface area contributed by atoms with Crippen LogP contribution in [-0.2, 0) is 11.2 Å². The molecule has 0 bridgehead atoms. The average molecular weight is 652 g/mol. The van der Waals surface area contributed by atoms with Crippen LogP contribution in [0, 0.1) is 6.92 Å². The molecule has 1 heterocycles. The Morgan fingerprint density at radius 2 is 1.44 bits per heavy atom. The summed E-state index contributed by atoms with van der Waals surface area (Å²) in [6.07, 6.45) is -0.261. The SMILES string of the molecule is Cc1ccc(C(=O)CN2CC(NC(=O)[C@H](Cc3ccccc3)NC(=S)Nc3ccccc3)N=C(c3ccccc3)c3ccccc32)cc1. The molecular formula is C40H37N5O2S. The fourth-order valence-electron chi connectivity index (χ4n) is 5.75. The smallest absolute Gasteiger partial charge is 0.244 e. The Bertz CT molecular complexity index is 1900. The maximum Gasteiger partial charge on any atom is 0.244 e. The van der Waals surface area contributed by atoms with Crippen molar-refractivity contribution in [3.63, 3.8) is 0 Å². The molecular weight excluding hydrogens is 615 g/mol. The monoisotopic (exact) mass is 651 g/mol. The Kier molecular flexibility index (Phi) is 10.3. The third-order valence-corrected chi connectivity index (χ3v) is 8.40. The first kappa shape index (κ1) is 32.3. The molecule has 5 aromatic carbocycles.